The van der Waals surface area contributed by atoms with E-state index in [-0.39, 0.29) is 33.7 Å². The van der Waals surface area contributed by atoms with E-state index < -0.39 is 15.9 Å². The fraction of sp³-hybridized carbons (Fsp3) is 0.300. The maximum atomic E-state index is 11.6. The molecule has 7 heteroatoms. The van der Waals surface area contributed by atoms with Crippen molar-refractivity contribution in [3.8, 4) is 0 Å². The summed E-state index contributed by atoms with van der Waals surface area (Å²) in [5.74, 6) is -0.813. The summed E-state index contributed by atoms with van der Waals surface area (Å²) in [4.78, 5) is 13.7. The van der Waals surface area contributed by atoms with Gasteiger partial charge >= 0.3 is 111 Å². The summed E-state index contributed by atoms with van der Waals surface area (Å²) >= 11 is 0.00533. The number of hydrogen-bond donors (Lipinski definition) is 2. The molecule has 2 N–H and O–H groups in total. The number of hydrogen-bond acceptors (Lipinski definition) is 3. The molecular weight excluding hydrogens is 357 g/mol. The number of benzene rings is 1. The summed E-state index contributed by atoms with van der Waals surface area (Å²) in [6, 6.07) is 7.21. The van der Waals surface area contributed by atoms with E-state index in [0.29, 0.717) is 5.56 Å². The van der Waals surface area contributed by atoms with Crippen LogP contribution in [0.25, 0.3) is 0 Å². The third-order valence-corrected chi connectivity index (χ3v) is 4.66. The second kappa shape index (κ2) is 6.31. The molecule has 0 radical (unpaired) electrons. The zero-order valence-electron chi connectivity index (χ0n) is 9.18. The average Bonchev–Trinajstić information content (AvgIpc) is 2.27. The first kappa shape index (κ1) is 14.4. The van der Waals surface area contributed by atoms with Crippen molar-refractivity contribution in [2.75, 3.05) is 17.2 Å². The number of carbonyl (C=O) groups excluding carboxylic acids is 1. The standard InChI is InChI=1S/C10H13INO4S/c1-11-9-4-2-8(3-5-9)10(13)12-6-7-17(14,15)16/h2-5H,6-7H2,1H3,(H,12,13)(H,14,15,16)/q-1. The molecule has 0 bridgehead atoms. The molecule has 1 aromatic rings. The van der Waals surface area contributed by atoms with Gasteiger partial charge in [0.2, 0.25) is 0 Å². The molecule has 5 nitrogen and oxygen atoms in total. The van der Waals surface area contributed by atoms with Crippen LogP contribution in [0, 0.1) is 3.57 Å². The van der Waals surface area contributed by atoms with E-state index in [1.54, 1.807) is 12.1 Å². The summed E-state index contributed by atoms with van der Waals surface area (Å²) < 4.78 is 30.6. The van der Waals surface area contributed by atoms with Crippen molar-refractivity contribution in [1.29, 1.82) is 0 Å². The van der Waals surface area contributed by atoms with Crippen LogP contribution < -0.4 is 26.5 Å². The molecule has 0 saturated carbocycles. The van der Waals surface area contributed by atoms with E-state index >= 15 is 0 Å². The van der Waals surface area contributed by atoms with E-state index in [2.05, 4.69) is 10.2 Å². The Balaban J connectivity index is 2.52. The zero-order chi connectivity index (χ0) is 12.9. The van der Waals surface area contributed by atoms with Crippen molar-refractivity contribution in [3.63, 3.8) is 0 Å². The number of amides is 1. The molecule has 1 rings (SSSR count). The molecule has 17 heavy (non-hydrogen) atoms. The number of nitrogens with one attached hydrogen (secondary N) is 1. The zero-order valence-corrected chi connectivity index (χ0v) is 12.2. The first-order chi connectivity index (χ1) is 7.92. The van der Waals surface area contributed by atoms with E-state index in [4.69, 9.17) is 4.55 Å². The van der Waals surface area contributed by atoms with Gasteiger partial charge in [-0.3, -0.25) is 0 Å². The van der Waals surface area contributed by atoms with Gasteiger partial charge in [-0.2, -0.15) is 0 Å². The van der Waals surface area contributed by atoms with Crippen LogP contribution in [0.2, 0.25) is 0 Å². The predicted molar refractivity (Wildman–Crippen MR) is 59.8 cm³/mol. The van der Waals surface area contributed by atoms with Crippen LogP contribution in [0.15, 0.2) is 24.3 Å². The van der Waals surface area contributed by atoms with Gasteiger partial charge in [0.1, 0.15) is 0 Å². The van der Waals surface area contributed by atoms with Gasteiger partial charge < -0.3 is 0 Å². The first-order valence-corrected chi connectivity index (χ1v) is 9.60. The van der Waals surface area contributed by atoms with Gasteiger partial charge in [0.15, 0.2) is 0 Å². The van der Waals surface area contributed by atoms with Gasteiger partial charge in [-0.05, 0) is 0 Å². The van der Waals surface area contributed by atoms with Crippen LogP contribution in [-0.4, -0.2) is 36.1 Å². The fourth-order valence-corrected chi connectivity index (χ4v) is 2.56. The SMILES string of the molecule is C[I-]c1ccc(C(=O)NCCS(=O)(=O)O)cc1. The summed E-state index contributed by atoms with van der Waals surface area (Å²) in [5, 5.41) is 2.42. The Morgan fingerprint density at radius 2 is 1.94 bits per heavy atom. The Morgan fingerprint density at radius 1 is 1.35 bits per heavy atom. The Labute approximate surface area is 111 Å². The molecule has 0 aliphatic carbocycles. The molecular formula is C10H13INO4S-. The van der Waals surface area contributed by atoms with Crippen LogP contribution >= 0.6 is 0 Å². The quantitative estimate of drug-likeness (QED) is 0.333. The van der Waals surface area contributed by atoms with E-state index in [1.807, 2.05) is 12.1 Å². The number of carbonyl (C=O) groups is 1. The van der Waals surface area contributed by atoms with E-state index in [1.165, 1.54) is 3.57 Å². The second-order valence-corrected chi connectivity index (χ2v) is 7.13. The number of halogens is 1. The van der Waals surface area contributed by atoms with E-state index in [0.717, 1.165) is 0 Å². The normalized spacial score (nSPS) is 11.4. The molecule has 1 amide bonds. The van der Waals surface area contributed by atoms with Gasteiger partial charge in [-0.1, -0.05) is 0 Å². The molecule has 0 heterocycles. The number of rotatable bonds is 5. The second-order valence-electron chi connectivity index (χ2n) is 3.24. The topological polar surface area (TPSA) is 83.5 Å². The molecule has 0 spiro atoms. The van der Waals surface area contributed by atoms with Crippen molar-refractivity contribution < 1.29 is 39.0 Å². The van der Waals surface area contributed by atoms with Crippen LogP contribution in [0.4, 0.5) is 0 Å². The fourth-order valence-electron chi connectivity index (χ4n) is 1.12. The maximum absolute atomic E-state index is 11.6. The summed E-state index contributed by atoms with van der Waals surface area (Å²) in [7, 11) is -4.02. The predicted octanol–water partition coefficient (Wildman–Crippen LogP) is -2.81. The molecule has 0 atom stereocenters. The van der Waals surface area contributed by atoms with Crippen molar-refractivity contribution in [2.45, 2.75) is 0 Å². The van der Waals surface area contributed by atoms with Crippen molar-refractivity contribution in [3.05, 3.63) is 33.4 Å². The Hall–Kier alpha value is -0.670. The van der Waals surface area contributed by atoms with Gasteiger partial charge in [0, 0.05) is 0 Å². The first-order valence-electron chi connectivity index (χ1n) is 4.75. The average molecular weight is 370 g/mol. The van der Waals surface area contributed by atoms with Gasteiger partial charge in [-0.25, -0.2) is 0 Å². The minimum atomic E-state index is -4.02. The number of alkyl halides is 1. The Bertz CT molecular complexity index is 484. The molecule has 0 aromatic heterocycles. The molecule has 96 valence electrons. The summed E-state index contributed by atoms with van der Waals surface area (Å²) in [6.07, 6.45) is 0. The monoisotopic (exact) mass is 370 g/mol. The van der Waals surface area contributed by atoms with Gasteiger partial charge in [-0.15, -0.1) is 0 Å². The third kappa shape index (κ3) is 5.46. The van der Waals surface area contributed by atoms with E-state index in [9.17, 15) is 13.2 Å². The summed E-state index contributed by atoms with van der Waals surface area (Å²) in [5.41, 5.74) is 0.488. The Morgan fingerprint density at radius 3 is 2.41 bits per heavy atom. The van der Waals surface area contributed by atoms with Crippen LogP contribution in [0.5, 0.6) is 0 Å². The van der Waals surface area contributed by atoms with Crippen LogP contribution in [0.3, 0.4) is 0 Å². The molecule has 0 saturated heterocycles. The third-order valence-electron chi connectivity index (χ3n) is 1.97. The van der Waals surface area contributed by atoms with Crippen molar-refractivity contribution >= 4 is 16.0 Å². The summed E-state index contributed by atoms with van der Waals surface area (Å²) in [6.45, 7) is -0.0971. The molecule has 0 fully saturated rings. The van der Waals surface area contributed by atoms with Crippen LogP contribution in [-0.2, 0) is 10.1 Å². The van der Waals surface area contributed by atoms with Crippen LogP contribution in [0.1, 0.15) is 10.4 Å². The Kier molecular flexibility index (Phi) is 5.34. The molecule has 0 unspecified atom stereocenters. The van der Waals surface area contributed by atoms with Crippen molar-refractivity contribution in [1.82, 2.24) is 5.32 Å². The van der Waals surface area contributed by atoms with Gasteiger partial charge in [0.05, 0.1) is 0 Å². The van der Waals surface area contributed by atoms with Gasteiger partial charge in [0.25, 0.3) is 0 Å². The van der Waals surface area contributed by atoms with Crippen molar-refractivity contribution in [2.24, 2.45) is 0 Å². The molecule has 0 aliphatic rings. The molecule has 1 aromatic carbocycles. The minimum absolute atomic E-state index is 0.00533. The molecule has 0 aliphatic heterocycles.